The molecule has 0 bridgehead atoms. The van der Waals surface area contributed by atoms with E-state index >= 15 is 0 Å². The molecule has 19 heavy (non-hydrogen) atoms. The van der Waals surface area contributed by atoms with Crippen molar-refractivity contribution in [1.82, 2.24) is 14.8 Å². The number of aromatic nitrogens is 1. The molecule has 5 heteroatoms. The summed E-state index contributed by atoms with van der Waals surface area (Å²) in [5.41, 5.74) is 7.15. The highest BCUT2D eigenvalue weighted by atomic mass is 16.3. The number of hydrogen-bond donors (Lipinski definition) is 2. The molecule has 1 unspecified atom stereocenters. The third-order valence-electron chi connectivity index (χ3n) is 3.77. The van der Waals surface area contributed by atoms with Crippen LogP contribution in [0.2, 0.25) is 0 Å². The third-order valence-corrected chi connectivity index (χ3v) is 3.77. The van der Waals surface area contributed by atoms with E-state index in [1.807, 2.05) is 12.3 Å². The topological polar surface area (TPSA) is 65.6 Å². The first-order valence-corrected chi connectivity index (χ1v) is 7.02. The summed E-state index contributed by atoms with van der Waals surface area (Å²) in [7, 11) is 0. The van der Waals surface area contributed by atoms with Crippen LogP contribution in [0.25, 0.3) is 0 Å². The van der Waals surface area contributed by atoms with Crippen molar-refractivity contribution in [3.8, 4) is 0 Å². The molecular formula is C14H24N4O. The van der Waals surface area contributed by atoms with Gasteiger partial charge < -0.3 is 10.8 Å². The van der Waals surface area contributed by atoms with E-state index in [1.165, 1.54) is 5.56 Å². The summed E-state index contributed by atoms with van der Waals surface area (Å²) in [6, 6.07) is 4.32. The molecule has 1 aliphatic heterocycles. The van der Waals surface area contributed by atoms with Crippen molar-refractivity contribution in [3.63, 3.8) is 0 Å². The monoisotopic (exact) mass is 264 g/mol. The van der Waals surface area contributed by atoms with Gasteiger partial charge in [0.1, 0.15) is 0 Å². The molecule has 1 aliphatic rings. The zero-order chi connectivity index (χ0) is 13.5. The molecule has 1 atom stereocenters. The average molecular weight is 264 g/mol. The summed E-state index contributed by atoms with van der Waals surface area (Å²) in [6.45, 7) is 5.73. The maximum Gasteiger partial charge on any atom is 0.0558 e. The summed E-state index contributed by atoms with van der Waals surface area (Å²) in [6.07, 6.45) is 4.83. The van der Waals surface area contributed by atoms with Crippen LogP contribution in [-0.4, -0.2) is 65.8 Å². The minimum Gasteiger partial charge on any atom is -0.395 e. The zero-order valence-electron chi connectivity index (χ0n) is 11.4. The minimum absolute atomic E-state index is 0.239. The highest BCUT2D eigenvalue weighted by Crippen LogP contribution is 2.20. The summed E-state index contributed by atoms with van der Waals surface area (Å²) in [4.78, 5) is 8.95. The average Bonchev–Trinajstić information content (AvgIpc) is 2.68. The van der Waals surface area contributed by atoms with Crippen LogP contribution in [0.4, 0.5) is 0 Å². The first-order chi connectivity index (χ1) is 9.35. The van der Waals surface area contributed by atoms with Crippen molar-refractivity contribution >= 4 is 0 Å². The molecule has 0 spiro atoms. The van der Waals surface area contributed by atoms with Crippen molar-refractivity contribution in [2.75, 3.05) is 45.9 Å². The zero-order valence-corrected chi connectivity index (χ0v) is 11.4. The number of aliphatic hydroxyl groups excluding tert-OH is 1. The van der Waals surface area contributed by atoms with Gasteiger partial charge in [-0.25, -0.2) is 0 Å². The lowest BCUT2D eigenvalue weighted by Crippen LogP contribution is -2.37. The van der Waals surface area contributed by atoms with E-state index in [4.69, 9.17) is 10.8 Å². The number of pyridine rings is 1. The molecule has 1 saturated heterocycles. The molecule has 3 N–H and O–H groups in total. The van der Waals surface area contributed by atoms with Gasteiger partial charge in [-0.1, -0.05) is 6.07 Å². The maximum absolute atomic E-state index is 9.03. The lowest BCUT2D eigenvalue weighted by molar-refractivity contribution is 0.182. The Hall–Kier alpha value is -1.01. The Labute approximate surface area is 115 Å². The van der Waals surface area contributed by atoms with E-state index in [2.05, 4.69) is 20.9 Å². The standard InChI is InChI=1S/C14H24N4O/c15-11-14(13-3-1-4-16-12-13)18-6-2-5-17(7-8-18)9-10-19/h1,3-4,12,14,19H,2,5-11,15H2. The molecule has 106 valence electrons. The van der Waals surface area contributed by atoms with E-state index in [9.17, 15) is 0 Å². The van der Waals surface area contributed by atoms with Gasteiger partial charge >= 0.3 is 0 Å². The molecule has 0 saturated carbocycles. The normalized spacial score (nSPS) is 20.1. The quantitative estimate of drug-likeness (QED) is 0.788. The van der Waals surface area contributed by atoms with Crippen molar-refractivity contribution in [2.24, 2.45) is 5.73 Å². The molecule has 0 aromatic carbocycles. The van der Waals surface area contributed by atoms with Crippen molar-refractivity contribution in [3.05, 3.63) is 30.1 Å². The van der Waals surface area contributed by atoms with E-state index in [-0.39, 0.29) is 12.6 Å². The Morgan fingerprint density at radius 1 is 1.32 bits per heavy atom. The van der Waals surface area contributed by atoms with Crippen LogP contribution < -0.4 is 5.73 Å². The predicted molar refractivity (Wildman–Crippen MR) is 75.7 cm³/mol. The van der Waals surface area contributed by atoms with Crippen molar-refractivity contribution in [2.45, 2.75) is 12.5 Å². The number of nitrogens with two attached hydrogens (primary N) is 1. The minimum atomic E-state index is 0.239. The number of nitrogens with zero attached hydrogens (tertiary/aromatic N) is 3. The van der Waals surface area contributed by atoms with E-state index in [1.54, 1.807) is 6.20 Å². The second-order valence-corrected chi connectivity index (χ2v) is 4.99. The van der Waals surface area contributed by atoms with E-state index in [0.717, 1.165) is 39.1 Å². The number of rotatable bonds is 5. The lowest BCUT2D eigenvalue weighted by Gasteiger charge is -2.29. The number of β-amino-alcohol motifs (C(OH)–C–C–N with tert-alkyl or cyclic N) is 1. The van der Waals surface area contributed by atoms with Gasteiger partial charge in [-0.05, 0) is 24.6 Å². The van der Waals surface area contributed by atoms with Crippen molar-refractivity contribution < 1.29 is 5.11 Å². The fourth-order valence-electron chi connectivity index (χ4n) is 2.74. The van der Waals surface area contributed by atoms with Gasteiger partial charge in [-0.3, -0.25) is 14.8 Å². The molecule has 1 aromatic heterocycles. The van der Waals surface area contributed by atoms with Gasteiger partial charge in [-0.15, -0.1) is 0 Å². The van der Waals surface area contributed by atoms with Crippen LogP contribution in [0.3, 0.4) is 0 Å². The van der Waals surface area contributed by atoms with Crippen LogP contribution in [0.15, 0.2) is 24.5 Å². The number of hydrogen-bond acceptors (Lipinski definition) is 5. The molecule has 0 amide bonds. The highest BCUT2D eigenvalue weighted by molar-refractivity contribution is 5.14. The Morgan fingerprint density at radius 3 is 2.89 bits per heavy atom. The van der Waals surface area contributed by atoms with Crippen LogP contribution in [0.1, 0.15) is 18.0 Å². The second kappa shape index (κ2) is 7.55. The largest absolute Gasteiger partial charge is 0.395 e. The molecule has 1 fully saturated rings. The fraction of sp³-hybridized carbons (Fsp3) is 0.643. The second-order valence-electron chi connectivity index (χ2n) is 4.99. The van der Waals surface area contributed by atoms with E-state index in [0.29, 0.717) is 6.54 Å². The molecular weight excluding hydrogens is 240 g/mol. The van der Waals surface area contributed by atoms with Gasteiger partial charge in [0.25, 0.3) is 0 Å². The van der Waals surface area contributed by atoms with Gasteiger partial charge in [-0.2, -0.15) is 0 Å². The fourth-order valence-corrected chi connectivity index (χ4v) is 2.74. The smallest absolute Gasteiger partial charge is 0.0558 e. The van der Waals surface area contributed by atoms with Crippen LogP contribution in [-0.2, 0) is 0 Å². The lowest BCUT2D eigenvalue weighted by atomic mass is 10.1. The maximum atomic E-state index is 9.03. The molecule has 0 radical (unpaired) electrons. The molecule has 0 aliphatic carbocycles. The van der Waals surface area contributed by atoms with Crippen molar-refractivity contribution in [1.29, 1.82) is 0 Å². The van der Waals surface area contributed by atoms with Gasteiger partial charge in [0.15, 0.2) is 0 Å². The SMILES string of the molecule is NCC(c1cccnc1)N1CCCN(CCO)CC1. The Bertz CT molecular complexity index is 360. The molecule has 5 nitrogen and oxygen atoms in total. The summed E-state index contributed by atoms with van der Waals surface area (Å²) < 4.78 is 0. The molecule has 2 heterocycles. The van der Waals surface area contributed by atoms with Crippen LogP contribution in [0.5, 0.6) is 0 Å². The van der Waals surface area contributed by atoms with Crippen LogP contribution >= 0.6 is 0 Å². The van der Waals surface area contributed by atoms with Gasteiger partial charge in [0.05, 0.1) is 6.61 Å². The Morgan fingerprint density at radius 2 is 2.21 bits per heavy atom. The Balaban J connectivity index is 1.99. The Kier molecular flexibility index (Phi) is 5.72. The summed E-state index contributed by atoms with van der Waals surface area (Å²) in [5.74, 6) is 0. The highest BCUT2D eigenvalue weighted by Gasteiger charge is 2.22. The predicted octanol–water partition coefficient (Wildman–Crippen LogP) is 0.0814. The third kappa shape index (κ3) is 3.98. The summed E-state index contributed by atoms with van der Waals surface area (Å²) in [5, 5.41) is 9.03. The number of aliphatic hydroxyl groups is 1. The molecule has 1 aromatic rings. The first-order valence-electron chi connectivity index (χ1n) is 7.02. The van der Waals surface area contributed by atoms with Gasteiger partial charge in [0.2, 0.25) is 0 Å². The van der Waals surface area contributed by atoms with Gasteiger partial charge in [0, 0.05) is 51.2 Å². The van der Waals surface area contributed by atoms with E-state index < -0.39 is 0 Å². The first kappa shape index (κ1) is 14.4. The summed E-state index contributed by atoms with van der Waals surface area (Å²) >= 11 is 0. The van der Waals surface area contributed by atoms with Crippen LogP contribution in [0, 0.1) is 0 Å². The molecule has 2 rings (SSSR count).